The molecule has 3 rings (SSSR count). The van der Waals surface area contributed by atoms with E-state index < -0.39 is 0 Å². The van der Waals surface area contributed by atoms with Gasteiger partial charge in [0.2, 0.25) is 0 Å². The van der Waals surface area contributed by atoms with Crippen LogP contribution in [0.25, 0.3) is 0 Å². The number of amides is 2. The smallest absolute Gasteiger partial charge is 0.266 e. The molecular weight excluding hydrogens is 409 g/mol. The molecule has 0 aromatic heterocycles. The molecule has 0 N–H and O–H groups in total. The average Bonchev–Trinajstić information content (AvgIpc) is 2.63. The van der Waals surface area contributed by atoms with Gasteiger partial charge in [-0.15, -0.1) is 0 Å². The van der Waals surface area contributed by atoms with Crippen molar-refractivity contribution >= 4 is 61.0 Å². The number of benzene rings is 2. The number of rotatable bonds is 1. The van der Waals surface area contributed by atoms with Crippen molar-refractivity contribution in [1.29, 1.82) is 0 Å². The Bertz CT molecular complexity index is 761. The van der Waals surface area contributed by atoms with Crippen molar-refractivity contribution in [2.24, 2.45) is 0 Å². The van der Waals surface area contributed by atoms with Gasteiger partial charge in [-0.25, -0.2) is 4.90 Å². The van der Waals surface area contributed by atoms with Crippen LogP contribution in [0.1, 0.15) is 20.7 Å². The molecule has 0 saturated heterocycles. The average molecular weight is 415 g/mol. The molecule has 1 heterocycles. The number of imide groups is 1. The van der Waals surface area contributed by atoms with Gasteiger partial charge >= 0.3 is 0 Å². The van der Waals surface area contributed by atoms with Gasteiger partial charge in [0, 0.05) is 14.0 Å². The predicted molar refractivity (Wildman–Crippen MR) is 84.4 cm³/mol. The van der Waals surface area contributed by atoms with E-state index in [1.807, 2.05) is 0 Å². The molecule has 1 aliphatic rings. The highest BCUT2D eigenvalue weighted by Gasteiger charge is 2.37. The van der Waals surface area contributed by atoms with E-state index in [1.165, 1.54) is 0 Å². The summed E-state index contributed by atoms with van der Waals surface area (Å²) < 4.78 is 1.35. The van der Waals surface area contributed by atoms with Gasteiger partial charge < -0.3 is 0 Å². The summed E-state index contributed by atoms with van der Waals surface area (Å²) in [5, 5.41) is 0.528. The molecule has 2 aromatic rings. The quantitative estimate of drug-likeness (QED) is 0.635. The Morgan fingerprint density at radius 2 is 1.60 bits per heavy atom. The first-order valence-electron chi connectivity index (χ1n) is 5.62. The van der Waals surface area contributed by atoms with Gasteiger partial charge in [0.1, 0.15) is 0 Å². The zero-order valence-electron chi connectivity index (χ0n) is 9.86. The molecule has 0 spiro atoms. The third-order valence-corrected chi connectivity index (χ3v) is 4.36. The van der Waals surface area contributed by atoms with Gasteiger partial charge in [0.15, 0.2) is 0 Å². The molecule has 0 unspecified atom stereocenters. The number of carbonyl (C=O) groups excluding carboxylic acids is 2. The Hall–Kier alpha value is -1.17. The van der Waals surface area contributed by atoms with E-state index in [0.29, 0.717) is 26.3 Å². The Morgan fingerprint density at radius 1 is 0.900 bits per heavy atom. The van der Waals surface area contributed by atoms with Crippen molar-refractivity contribution < 1.29 is 9.59 Å². The summed E-state index contributed by atoms with van der Waals surface area (Å²) in [4.78, 5) is 26.0. The SMILES string of the molecule is O=C1c2ccc(Br)cc2C(=O)N1c1ccc(Cl)cc1Br. The molecule has 2 aromatic carbocycles. The molecule has 0 bridgehead atoms. The fourth-order valence-electron chi connectivity index (χ4n) is 2.09. The van der Waals surface area contributed by atoms with Gasteiger partial charge in [-0.2, -0.15) is 0 Å². The van der Waals surface area contributed by atoms with E-state index in [1.54, 1.807) is 36.4 Å². The van der Waals surface area contributed by atoms with Crippen molar-refractivity contribution in [3.05, 3.63) is 61.5 Å². The van der Waals surface area contributed by atoms with Crippen LogP contribution in [0.2, 0.25) is 5.02 Å². The monoisotopic (exact) mass is 413 g/mol. The van der Waals surface area contributed by atoms with Crippen LogP contribution in [-0.2, 0) is 0 Å². The van der Waals surface area contributed by atoms with Crippen LogP contribution in [0.5, 0.6) is 0 Å². The molecule has 0 saturated carbocycles. The molecule has 0 atom stereocenters. The third-order valence-electron chi connectivity index (χ3n) is 3.00. The zero-order chi connectivity index (χ0) is 14.4. The first kappa shape index (κ1) is 13.8. The van der Waals surface area contributed by atoms with Gasteiger partial charge in [0.25, 0.3) is 11.8 Å². The summed E-state index contributed by atoms with van der Waals surface area (Å²) >= 11 is 12.5. The molecule has 0 radical (unpaired) electrons. The van der Waals surface area contributed by atoms with Crippen LogP contribution in [-0.4, -0.2) is 11.8 Å². The number of halogens is 3. The second kappa shape index (κ2) is 4.98. The molecule has 0 fully saturated rings. The summed E-state index contributed by atoms with van der Waals surface area (Å²) in [5.41, 5.74) is 1.28. The maximum atomic E-state index is 12.4. The lowest BCUT2D eigenvalue weighted by Gasteiger charge is -2.15. The van der Waals surface area contributed by atoms with Gasteiger partial charge in [-0.1, -0.05) is 27.5 Å². The highest BCUT2D eigenvalue weighted by atomic mass is 79.9. The molecule has 3 nitrogen and oxygen atoms in total. The van der Waals surface area contributed by atoms with E-state index in [2.05, 4.69) is 31.9 Å². The van der Waals surface area contributed by atoms with Gasteiger partial charge in [-0.3, -0.25) is 9.59 Å². The minimum absolute atomic E-state index is 0.333. The standard InChI is InChI=1S/C14H6Br2ClNO2/c15-7-1-3-9-10(5-7)14(20)18(13(9)19)12-4-2-8(17)6-11(12)16/h1-6H. The summed E-state index contributed by atoms with van der Waals surface area (Å²) in [6.07, 6.45) is 0. The summed E-state index contributed by atoms with van der Waals surface area (Å²) in [5.74, 6) is -0.671. The first-order valence-corrected chi connectivity index (χ1v) is 7.59. The van der Waals surface area contributed by atoms with Gasteiger partial charge in [0.05, 0.1) is 16.8 Å². The number of anilines is 1. The van der Waals surface area contributed by atoms with Crippen LogP contribution in [0.15, 0.2) is 45.3 Å². The van der Waals surface area contributed by atoms with Crippen LogP contribution in [0, 0.1) is 0 Å². The minimum atomic E-state index is -0.339. The fraction of sp³-hybridized carbons (Fsp3) is 0. The normalized spacial score (nSPS) is 13.8. The summed E-state index contributed by atoms with van der Waals surface area (Å²) in [7, 11) is 0. The number of nitrogens with zero attached hydrogens (tertiary/aromatic N) is 1. The summed E-state index contributed by atoms with van der Waals surface area (Å²) in [6, 6.07) is 9.97. The second-order valence-corrected chi connectivity index (χ2v) is 6.44. The van der Waals surface area contributed by atoms with Crippen LogP contribution < -0.4 is 4.90 Å². The highest BCUT2D eigenvalue weighted by molar-refractivity contribution is 9.10. The predicted octanol–water partition coefficient (Wildman–Crippen LogP) is 4.67. The van der Waals surface area contributed by atoms with E-state index in [-0.39, 0.29) is 11.8 Å². The van der Waals surface area contributed by atoms with Gasteiger partial charge in [-0.05, 0) is 52.3 Å². The highest BCUT2D eigenvalue weighted by Crippen LogP contribution is 2.35. The van der Waals surface area contributed by atoms with Crippen molar-refractivity contribution in [2.75, 3.05) is 4.90 Å². The van der Waals surface area contributed by atoms with E-state index in [9.17, 15) is 9.59 Å². The first-order chi connectivity index (χ1) is 9.49. The van der Waals surface area contributed by atoms with E-state index in [0.717, 1.165) is 9.37 Å². The third kappa shape index (κ3) is 2.10. The number of hydrogen-bond acceptors (Lipinski definition) is 2. The van der Waals surface area contributed by atoms with Crippen molar-refractivity contribution in [3.63, 3.8) is 0 Å². The minimum Gasteiger partial charge on any atom is -0.268 e. The van der Waals surface area contributed by atoms with E-state index >= 15 is 0 Å². The number of fused-ring (bicyclic) bond motifs is 1. The second-order valence-electron chi connectivity index (χ2n) is 4.23. The lowest BCUT2D eigenvalue weighted by Crippen LogP contribution is -2.29. The molecule has 0 aliphatic carbocycles. The molecule has 6 heteroatoms. The number of carbonyl (C=O) groups is 2. The topological polar surface area (TPSA) is 37.4 Å². The van der Waals surface area contributed by atoms with Crippen molar-refractivity contribution in [3.8, 4) is 0 Å². The fourth-order valence-corrected chi connectivity index (χ4v) is 3.32. The van der Waals surface area contributed by atoms with Crippen molar-refractivity contribution in [1.82, 2.24) is 0 Å². The molecule has 20 heavy (non-hydrogen) atoms. The molecule has 1 aliphatic heterocycles. The maximum Gasteiger partial charge on any atom is 0.266 e. The number of hydrogen-bond donors (Lipinski definition) is 0. The maximum absolute atomic E-state index is 12.4. The van der Waals surface area contributed by atoms with Crippen LogP contribution >= 0.6 is 43.5 Å². The zero-order valence-corrected chi connectivity index (χ0v) is 13.8. The lowest BCUT2D eigenvalue weighted by atomic mass is 10.1. The Balaban J connectivity index is 2.14. The van der Waals surface area contributed by atoms with Crippen molar-refractivity contribution in [2.45, 2.75) is 0 Å². The Labute approximate surface area is 136 Å². The molecule has 2 amide bonds. The Kier molecular flexibility index (Phi) is 3.44. The summed E-state index contributed by atoms with van der Waals surface area (Å²) in [6.45, 7) is 0. The molecular formula is C14H6Br2ClNO2. The van der Waals surface area contributed by atoms with Crippen LogP contribution in [0.3, 0.4) is 0 Å². The van der Waals surface area contributed by atoms with Crippen LogP contribution in [0.4, 0.5) is 5.69 Å². The molecule has 100 valence electrons. The largest absolute Gasteiger partial charge is 0.268 e. The van der Waals surface area contributed by atoms with E-state index in [4.69, 9.17) is 11.6 Å². The lowest BCUT2D eigenvalue weighted by molar-refractivity contribution is 0.0926. The Morgan fingerprint density at radius 3 is 2.30 bits per heavy atom.